The average Bonchev–Trinajstić information content (AvgIpc) is 2.96. The number of anilines is 2. The largest absolute Gasteiger partial charge is 0.490 e. The first-order chi connectivity index (χ1) is 18.6. The zero-order chi connectivity index (χ0) is 26.6. The SMILES string of the molecule is CC(NC(=O)c1ccc(NCC(=O)Nc2ccccc2OCCOc2ccccc2)cc1)c1ccccc1. The van der Waals surface area contributed by atoms with Crippen molar-refractivity contribution in [3.05, 3.63) is 120 Å². The lowest BCUT2D eigenvalue weighted by Crippen LogP contribution is -2.26. The Kier molecular flexibility index (Phi) is 9.34. The third-order valence-corrected chi connectivity index (χ3v) is 5.76. The topological polar surface area (TPSA) is 88.7 Å². The van der Waals surface area contributed by atoms with Gasteiger partial charge in [-0.3, -0.25) is 9.59 Å². The Labute approximate surface area is 222 Å². The maximum Gasteiger partial charge on any atom is 0.251 e. The Bertz CT molecular complexity index is 1310. The number of nitrogens with one attached hydrogen (secondary N) is 3. The van der Waals surface area contributed by atoms with E-state index in [2.05, 4.69) is 16.0 Å². The Hall–Kier alpha value is -4.78. The average molecular weight is 510 g/mol. The molecule has 1 unspecified atom stereocenters. The van der Waals surface area contributed by atoms with Gasteiger partial charge in [0.25, 0.3) is 5.91 Å². The van der Waals surface area contributed by atoms with Crippen LogP contribution < -0.4 is 25.4 Å². The number of amides is 2. The Morgan fingerprint density at radius 3 is 2.11 bits per heavy atom. The van der Waals surface area contributed by atoms with Gasteiger partial charge in [0, 0.05) is 11.3 Å². The van der Waals surface area contributed by atoms with E-state index in [4.69, 9.17) is 9.47 Å². The molecular weight excluding hydrogens is 478 g/mol. The maximum absolute atomic E-state index is 12.6. The van der Waals surface area contributed by atoms with Crippen molar-refractivity contribution in [2.75, 3.05) is 30.4 Å². The molecule has 0 heterocycles. The normalized spacial score (nSPS) is 11.2. The van der Waals surface area contributed by atoms with E-state index >= 15 is 0 Å². The Morgan fingerprint density at radius 1 is 0.737 bits per heavy atom. The molecule has 0 spiro atoms. The van der Waals surface area contributed by atoms with Crippen molar-refractivity contribution in [2.24, 2.45) is 0 Å². The second-order valence-electron chi connectivity index (χ2n) is 8.59. The summed E-state index contributed by atoms with van der Waals surface area (Å²) >= 11 is 0. The fourth-order valence-corrected chi connectivity index (χ4v) is 3.74. The van der Waals surface area contributed by atoms with Crippen LogP contribution in [0.4, 0.5) is 11.4 Å². The summed E-state index contributed by atoms with van der Waals surface area (Å²) in [5.74, 6) is 0.966. The van der Waals surface area contributed by atoms with Crippen molar-refractivity contribution in [3.8, 4) is 11.5 Å². The van der Waals surface area contributed by atoms with Crippen molar-refractivity contribution in [1.29, 1.82) is 0 Å². The first-order valence-electron chi connectivity index (χ1n) is 12.5. The molecule has 38 heavy (non-hydrogen) atoms. The van der Waals surface area contributed by atoms with Gasteiger partial charge in [0.05, 0.1) is 18.3 Å². The molecule has 0 aromatic heterocycles. The number of carbonyl (C=O) groups is 2. The molecular formula is C31H31N3O4. The summed E-state index contributed by atoms with van der Waals surface area (Å²) in [5.41, 5.74) is 2.90. The molecule has 3 N–H and O–H groups in total. The van der Waals surface area contributed by atoms with Crippen LogP contribution in [0, 0.1) is 0 Å². The van der Waals surface area contributed by atoms with Crippen molar-refractivity contribution < 1.29 is 19.1 Å². The van der Waals surface area contributed by atoms with Crippen LogP contribution in [0.2, 0.25) is 0 Å². The highest BCUT2D eigenvalue weighted by molar-refractivity contribution is 5.96. The smallest absolute Gasteiger partial charge is 0.251 e. The number of ether oxygens (including phenoxy) is 2. The summed E-state index contributed by atoms with van der Waals surface area (Å²) in [5, 5.41) is 8.96. The molecule has 0 saturated heterocycles. The van der Waals surface area contributed by atoms with Crippen LogP contribution in [-0.4, -0.2) is 31.6 Å². The molecule has 7 heteroatoms. The standard InChI is InChI=1S/C31H31N3O4/c1-23(24-10-4-2-5-11-24)33-31(36)25-16-18-26(19-17-25)32-22-30(35)34-28-14-8-9-15-29(28)38-21-20-37-27-12-6-3-7-13-27/h2-19,23,32H,20-22H2,1H3,(H,33,36)(H,34,35). The lowest BCUT2D eigenvalue weighted by molar-refractivity contribution is -0.114. The maximum atomic E-state index is 12.6. The van der Waals surface area contributed by atoms with Gasteiger partial charge in [-0.2, -0.15) is 0 Å². The van der Waals surface area contributed by atoms with Crippen LogP contribution in [-0.2, 0) is 4.79 Å². The van der Waals surface area contributed by atoms with Gasteiger partial charge in [-0.1, -0.05) is 60.7 Å². The van der Waals surface area contributed by atoms with Crippen LogP contribution >= 0.6 is 0 Å². The highest BCUT2D eigenvalue weighted by Gasteiger charge is 2.12. The third-order valence-electron chi connectivity index (χ3n) is 5.76. The van der Waals surface area contributed by atoms with Crippen molar-refractivity contribution in [2.45, 2.75) is 13.0 Å². The fourth-order valence-electron chi connectivity index (χ4n) is 3.74. The molecule has 0 saturated carbocycles. The molecule has 1 atom stereocenters. The zero-order valence-corrected chi connectivity index (χ0v) is 21.2. The predicted molar refractivity (Wildman–Crippen MR) is 150 cm³/mol. The molecule has 0 aliphatic rings. The minimum atomic E-state index is -0.222. The summed E-state index contributed by atoms with van der Waals surface area (Å²) < 4.78 is 11.5. The number of para-hydroxylation sites is 3. The fraction of sp³-hybridized carbons (Fsp3) is 0.161. The second kappa shape index (κ2) is 13.5. The van der Waals surface area contributed by atoms with Gasteiger partial charge in [0.2, 0.25) is 5.91 Å². The number of hydrogen-bond donors (Lipinski definition) is 3. The highest BCUT2D eigenvalue weighted by atomic mass is 16.5. The molecule has 0 bridgehead atoms. The van der Waals surface area contributed by atoms with Gasteiger partial charge in [-0.15, -0.1) is 0 Å². The quantitative estimate of drug-likeness (QED) is 0.214. The number of carbonyl (C=O) groups excluding carboxylic acids is 2. The summed E-state index contributed by atoms with van der Waals surface area (Å²) in [7, 11) is 0. The third kappa shape index (κ3) is 7.86. The summed E-state index contributed by atoms with van der Waals surface area (Å²) in [6, 6.07) is 33.5. The summed E-state index contributed by atoms with van der Waals surface area (Å²) in [4.78, 5) is 25.2. The summed E-state index contributed by atoms with van der Waals surface area (Å²) in [6.45, 7) is 2.72. The van der Waals surface area contributed by atoms with Crippen LogP contribution in [0.15, 0.2) is 109 Å². The molecule has 0 aliphatic carbocycles. The van der Waals surface area contributed by atoms with Gasteiger partial charge < -0.3 is 25.4 Å². The van der Waals surface area contributed by atoms with Gasteiger partial charge in [0.1, 0.15) is 24.7 Å². The van der Waals surface area contributed by atoms with Crippen molar-refractivity contribution >= 4 is 23.2 Å². The molecule has 2 amide bonds. The van der Waals surface area contributed by atoms with E-state index in [9.17, 15) is 9.59 Å². The lowest BCUT2D eigenvalue weighted by atomic mass is 10.1. The number of benzene rings is 4. The van der Waals surface area contributed by atoms with Crippen molar-refractivity contribution in [3.63, 3.8) is 0 Å². The first kappa shape index (κ1) is 26.3. The number of hydrogen-bond acceptors (Lipinski definition) is 5. The van der Waals surface area contributed by atoms with Gasteiger partial charge >= 0.3 is 0 Å². The monoisotopic (exact) mass is 509 g/mol. The molecule has 0 aliphatic heterocycles. The van der Waals surface area contributed by atoms with Crippen LogP contribution in [0.5, 0.6) is 11.5 Å². The van der Waals surface area contributed by atoms with E-state index in [0.29, 0.717) is 30.2 Å². The van der Waals surface area contributed by atoms with E-state index < -0.39 is 0 Å². The van der Waals surface area contributed by atoms with E-state index in [1.807, 2.05) is 79.7 Å². The lowest BCUT2D eigenvalue weighted by Gasteiger charge is -2.15. The van der Waals surface area contributed by atoms with E-state index in [-0.39, 0.29) is 24.4 Å². The van der Waals surface area contributed by atoms with Crippen LogP contribution in [0.3, 0.4) is 0 Å². The first-order valence-corrected chi connectivity index (χ1v) is 12.5. The predicted octanol–water partition coefficient (Wildman–Crippen LogP) is 5.69. The Balaban J connectivity index is 1.22. The van der Waals surface area contributed by atoms with Crippen LogP contribution in [0.1, 0.15) is 28.9 Å². The number of rotatable bonds is 12. The van der Waals surface area contributed by atoms with Gasteiger partial charge in [-0.05, 0) is 61.0 Å². The molecule has 4 aromatic carbocycles. The molecule has 7 nitrogen and oxygen atoms in total. The zero-order valence-electron chi connectivity index (χ0n) is 21.2. The minimum Gasteiger partial charge on any atom is -0.490 e. The molecule has 4 rings (SSSR count). The Morgan fingerprint density at radius 2 is 1.37 bits per heavy atom. The second-order valence-corrected chi connectivity index (χ2v) is 8.59. The van der Waals surface area contributed by atoms with E-state index in [1.165, 1.54) is 0 Å². The molecule has 4 aromatic rings. The molecule has 0 radical (unpaired) electrons. The highest BCUT2D eigenvalue weighted by Crippen LogP contribution is 2.24. The molecule has 0 fully saturated rings. The van der Waals surface area contributed by atoms with Gasteiger partial charge in [-0.25, -0.2) is 0 Å². The van der Waals surface area contributed by atoms with Gasteiger partial charge in [0.15, 0.2) is 0 Å². The van der Waals surface area contributed by atoms with Crippen molar-refractivity contribution in [1.82, 2.24) is 5.32 Å². The summed E-state index contributed by atoms with van der Waals surface area (Å²) in [6.07, 6.45) is 0. The molecule has 194 valence electrons. The van der Waals surface area contributed by atoms with Crippen LogP contribution in [0.25, 0.3) is 0 Å². The van der Waals surface area contributed by atoms with E-state index in [1.54, 1.807) is 36.4 Å². The minimum absolute atomic E-state index is 0.0576. The van der Waals surface area contributed by atoms with E-state index in [0.717, 1.165) is 17.0 Å².